The molecular weight excluding hydrogens is 1210 g/mol. The van der Waals surface area contributed by atoms with Crippen LogP contribution in [0.2, 0.25) is 0 Å². The number of aliphatic carboxylic acids is 1. The second-order valence-corrected chi connectivity index (χ2v) is 25.0. The van der Waals surface area contributed by atoms with E-state index in [1.807, 2.05) is 6.07 Å². The Labute approximate surface area is 536 Å². The lowest BCUT2D eigenvalue weighted by Gasteiger charge is -2.42. The van der Waals surface area contributed by atoms with E-state index in [4.69, 9.17) is 40.1 Å². The van der Waals surface area contributed by atoms with Gasteiger partial charge in [-0.25, -0.2) is 4.79 Å². The van der Waals surface area contributed by atoms with Crippen LogP contribution < -0.4 is 66.7 Å². The SMILES string of the molecule is NC(N)=NCCC[C@@H](N)C(=O)N[C@@H](CCCN=C(N)N)C(=O)N1CCC[C@H]1C(=O)N1C[C@@H](O)C[C@H]1C(=O)NCC(=O)N[C@@H](Cc1cccs1)C(=O)N[C@H](CO)C(=O)N1Cc2ccccc2C[C@@H]1C(=O)N1[C@H](C(=O)N[C@@H](CCCN=C(N)N)C(=O)O)C[C@@H]2CCCC[C@@H]21. The third-order valence-corrected chi connectivity index (χ3v) is 18.3. The molecule has 22 N–H and O–H groups in total. The first-order valence-corrected chi connectivity index (χ1v) is 32.1. The van der Waals surface area contributed by atoms with Gasteiger partial charge >= 0.3 is 5.97 Å². The predicted molar refractivity (Wildman–Crippen MR) is 338 cm³/mol. The van der Waals surface area contributed by atoms with Gasteiger partial charge in [0.1, 0.15) is 48.3 Å². The minimum absolute atomic E-state index is 0.00000960. The quantitative estimate of drug-likeness (QED) is 0.0198. The van der Waals surface area contributed by atoms with Crippen LogP contribution in [-0.2, 0) is 67.3 Å². The molecule has 1 saturated carbocycles. The third kappa shape index (κ3) is 19.0. The number of nitrogens with one attached hydrogen (secondary N) is 5. The molecule has 32 nitrogen and oxygen atoms in total. The zero-order valence-electron chi connectivity index (χ0n) is 51.4. The molecule has 2 aromatic rings. The summed E-state index contributed by atoms with van der Waals surface area (Å²) < 4.78 is 0. The third-order valence-electron chi connectivity index (χ3n) is 17.4. The van der Waals surface area contributed by atoms with E-state index in [1.165, 1.54) is 26.0 Å². The van der Waals surface area contributed by atoms with E-state index in [2.05, 4.69) is 41.6 Å². The number of fused-ring (bicyclic) bond motifs is 2. The molecule has 4 fully saturated rings. The minimum atomic E-state index is -1.66. The summed E-state index contributed by atoms with van der Waals surface area (Å²) in [7, 11) is 0. The first-order valence-electron chi connectivity index (χ1n) is 31.2. The van der Waals surface area contributed by atoms with Crippen molar-refractivity contribution in [1.29, 1.82) is 0 Å². The number of aliphatic hydroxyl groups is 2. The normalized spacial score (nSPS) is 22.4. The average Bonchev–Trinajstić information content (AvgIpc) is 1.48. The molecule has 0 unspecified atom stereocenters. The number of hydrogen-bond acceptors (Lipinski definition) is 17. The summed E-state index contributed by atoms with van der Waals surface area (Å²) in [6, 6.07) is -1.07. The van der Waals surface area contributed by atoms with Gasteiger partial charge in [-0.3, -0.25) is 58.1 Å². The second kappa shape index (κ2) is 33.6. The van der Waals surface area contributed by atoms with Crippen LogP contribution in [0.15, 0.2) is 56.8 Å². The number of amides is 9. The molecule has 1 aromatic heterocycles. The number of likely N-dealkylation sites (tertiary alicyclic amines) is 3. The van der Waals surface area contributed by atoms with Crippen LogP contribution in [0, 0.1) is 5.92 Å². The fourth-order valence-corrected chi connectivity index (χ4v) is 13.6. The summed E-state index contributed by atoms with van der Waals surface area (Å²) in [4.78, 5) is 159. The van der Waals surface area contributed by atoms with E-state index in [0.717, 1.165) is 29.7 Å². The Balaban J connectivity index is 1.02. The number of carboxylic acid groups (broad SMARTS) is 1. The molecule has 5 aliphatic rings. The summed E-state index contributed by atoms with van der Waals surface area (Å²) in [6.45, 7) is -1.46. The largest absolute Gasteiger partial charge is 0.480 e. The zero-order chi connectivity index (χ0) is 66.8. The Morgan fingerprint density at radius 3 is 1.89 bits per heavy atom. The molecule has 0 spiro atoms. The maximum atomic E-state index is 15.3. The standard InChI is InChI=1S/C59H89N19O13S/c60-37(14-5-19-67-57(61)62)48(82)72-38(15-6-20-68-58(63)64)52(86)75-22-8-18-43(75)54(88)77-30-35(80)26-44(77)50(84)70-28-47(81)71-40(27-36-13-9-23-92-36)49(83)74-41(31-79)53(87)76-29-34-12-2-1-10-32(34)24-46(76)55(89)78-42-17-4-3-11-33(42)25-45(78)51(85)73-39(56(90)91)16-7-21-69-59(65)66/h1-2,9-10,12-13,23,33,35,37-46,79-80H,3-8,11,14-22,24-31,60H2,(H,70,84)(H,71,81)(H,72,82)(H,73,85)(H,74,83)(H,90,91)(H4,61,62,67)(H4,63,64,68)(H4,65,66,69)/t33-,35-,37+,38-,39-,40-,41+,42-,43-,44-,45-,46+/m0/s1. The van der Waals surface area contributed by atoms with Crippen molar-refractivity contribution in [3.05, 3.63) is 57.8 Å². The number of β-amino-alcohol motifs (C(OH)–C–C–N with tert-alkyl or cyclic N) is 1. The van der Waals surface area contributed by atoms with Crippen molar-refractivity contribution >= 4 is 88.3 Å². The molecule has 0 bridgehead atoms. The highest BCUT2D eigenvalue weighted by Crippen LogP contribution is 2.41. The number of carboxylic acids is 1. The molecule has 504 valence electrons. The Morgan fingerprint density at radius 2 is 1.25 bits per heavy atom. The van der Waals surface area contributed by atoms with E-state index < -0.39 is 139 Å². The van der Waals surface area contributed by atoms with Gasteiger partial charge in [-0.1, -0.05) is 43.2 Å². The van der Waals surface area contributed by atoms with Crippen molar-refractivity contribution in [2.45, 2.75) is 176 Å². The lowest BCUT2D eigenvalue weighted by molar-refractivity contribution is -0.153. The number of benzene rings is 1. The van der Waals surface area contributed by atoms with Crippen LogP contribution in [0.4, 0.5) is 0 Å². The van der Waals surface area contributed by atoms with E-state index in [9.17, 15) is 58.5 Å². The van der Waals surface area contributed by atoms with Gasteiger partial charge in [0.2, 0.25) is 53.2 Å². The van der Waals surface area contributed by atoms with Crippen molar-refractivity contribution < 1.29 is 63.3 Å². The number of thiophene rings is 1. The molecule has 5 heterocycles. The maximum Gasteiger partial charge on any atom is 0.326 e. The summed E-state index contributed by atoms with van der Waals surface area (Å²) in [5.74, 6) is -8.33. The second-order valence-electron chi connectivity index (χ2n) is 23.9. The van der Waals surface area contributed by atoms with Crippen molar-refractivity contribution in [3.63, 3.8) is 0 Å². The van der Waals surface area contributed by atoms with E-state index in [1.54, 1.807) is 35.7 Å². The minimum Gasteiger partial charge on any atom is -0.480 e. The highest BCUT2D eigenvalue weighted by atomic mass is 32.1. The van der Waals surface area contributed by atoms with Crippen LogP contribution in [0.1, 0.15) is 106 Å². The number of nitrogens with zero attached hydrogens (tertiary/aromatic N) is 7. The molecule has 3 saturated heterocycles. The van der Waals surface area contributed by atoms with Crippen LogP contribution in [-0.4, -0.2) is 224 Å². The van der Waals surface area contributed by atoms with Gasteiger partial charge < -0.3 is 102 Å². The number of carbonyl (C=O) groups is 10. The van der Waals surface area contributed by atoms with E-state index >= 15 is 4.79 Å². The fraction of sp³-hybridized carbons (Fsp3) is 0.610. The molecule has 1 aromatic carbocycles. The molecule has 0 radical (unpaired) electrons. The monoisotopic (exact) mass is 1300 g/mol. The summed E-state index contributed by atoms with van der Waals surface area (Å²) in [6.07, 6.45) is 3.42. The first-order chi connectivity index (χ1) is 43.9. The Kier molecular flexibility index (Phi) is 25.8. The lowest BCUT2D eigenvalue weighted by atomic mass is 9.84. The van der Waals surface area contributed by atoms with Gasteiger partial charge in [0, 0.05) is 69.4 Å². The van der Waals surface area contributed by atoms with Crippen LogP contribution in [0.25, 0.3) is 0 Å². The van der Waals surface area contributed by atoms with Crippen molar-refractivity contribution in [2.24, 2.45) is 61.0 Å². The number of aliphatic hydroxyl groups excluding tert-OH is 2. The number of aliphatic imine (C=N–C) groups is 3. The highest BCUT2D eigenvalue weighted by Gasteiger charge is 2.52. The molecule has 12 atom stereocenters. The fourth-order valence-electron chi connectivity index (χ4n) is 12.9. The topological polar surface area (TPSA) is 524 Å². The molecule has 92 heavy (non-hydrogen) atoms. The van der Waals surface area contributed by atoms with Crippen molar-refractivity contribution in [1.82, 2.24) is 46.2 Å². The first kappa shape index (κ1) is 70.8. The molecule has 4 aliphatic heterocycles. The highest BCUT2D eigenvalue weighted by molar-refractivity contribution is 7.09. The molecule has 7 rings (SSSR count). The number of guanidine groups is 3. The average molecular weight is 1300 g/mol. The van der Waals surface area contributed by atoms with Gasteiger partial charge in [0.05, 0.1) is 25.3 Å². The van der Waals surface area contributed by atoms with Crippen LogP contribution >= 0.6 is 11.3 Å². The number of carbonyl (C=O) groups excluding carboxylic acids is 9. The van der Waals surface area contributed by atoms with Crippen LogP contribution in [0.5, 0.6) is 0 Å². The Morgan fingerprint density at radius 1 is 0.620 bits per heavy atom. The van der Waals surface area contributed by atoms with Gasteiger partial charge in [-0.05, 0) is 99.1 Å². The van der Waals surface area contributed by atoms with Gasteiger partial charge in [-0.2, -0.15) is 0 Å². The van der Waals surface area contributed by atoms with Crippen LogP contribution in [0.3, 0.4) is 0 Å². The molecule has 33 heteroatoms. The number of hydrogen-bond donors (Lipinski definition) is 15. The molecular formula is C59H89N19O13S. The number of rotatable bonds is 30. The summed E-state index contributed by atoms with van der Waals surface area (Å²) in [5, 5.41) is 46.8. The predicted octanol–water partition coefficient (Wildman–Crippen LogP) is -5.02. The van der Waals surface area contributed by atoms with Gasteiger partial charge in [0.15, 0.2) is 17.9 Å². The number of nitrogens with two attached hydrogens (primary N) is 7. The van der Waals surface area contributed by atoms with E-state index in [0.29, 0.717) is 29.7 Å². The Bertz CT molecular complexity index is 3050. The Hall–Kier alpha value is -8.69. The van der Waals surface area contributed by atoms with Gasteiger partial charge in [-0.15, -0.1) is 11.3 Å². The molecule has 9 amide bonds. The summed E-state index contributed by atoms with van der Waals surface area (Å²) >= 11 is 1.27. The smallest absolute Gasteiger partial charge is 0.326 e. The van der Waals surface area contributed by atoms with E-state index in [-0.39, 0.29) is 127 Å². The molecule has 1 aliphatic carbocycles. The maximum absolute atomic E-state index is 15.3. The zero-order valence-corrected chi connectivity index (χ0v) is 52.3. The van der Waals surface area contributed by atoms with Crippen molar-refractivity contribution in [3.8, 4) is 0 Å². The van der Waals surface area contributed by atoms with Crippen molar-refractivity contribution in [2.75, 3.05) is 45.9 Å². The van der Waals surface area contributed by atoms with Gasteiger partial charge in [0.25, 0.3) is 0 Å². The lowest BCUT2D eigenvalue weighted by Crippen LogP contribution is -2.63. The summed E-state index contributed by atoms with van der Waals surface area (Å²) in [5.41, 5.74) is 40.3.